The molecule has 0 aromatic carbocycles. The van der Waals surface area contributed by atoms with Crippen LogP contribution in [0.2, 0.25) is 0 Å². The third-order valence-electron chi connectivity index (χ3n) is 2.82. The number of aromatic hydroxyl groups is 1. The first-order valence-corrected chi connectivity index (χ1v) is 5.73. The second-order valence-electron chi connectivity index (χ2n) is 4.15. The Balaban J connectivity index is 3.16. The number of aliphatic hydroxyl groups excluding tert-OH is 1. The van der Waals surface area contributed by atoms with E-state index in [1.54, 1.807) is 0 Å². The van der Waals surface area contributed by atoms with E-state index < -0.39 is 0 Å². The molecule has 0 aliphatic carbocycles. The zero-order valence-electron chi connectivity index (χ0n) is 10.6. The molecule has 0 amide bonds. The van der Waals surface area contributed by atoms with Crippen molar-refractivity contribution < 1.29 is 10.2 Å². The number of hydrogen-bond acceptors (Lipinski definition) is 4. The Hall–Kier alpha value is -1.33. The summed E-state index contributed by atoms with van der Waals surface area (Å²) in [5.41, 5.74) is 1.09. The molecule has 5 heteroatoms. The maximum atomic E-state index is 11.5. The molecule has 17 heavy (non-hydrogen) atoms. The highest BCUT2D eigenvalue weighted by Crippen LogP contribution is 2.16. The van der Waals surface area contributed by atoms with E-state index in [4.69, 9.17) is 5.11 Å². The minimum absolute atomic E-state index is 0.0550. The number of aryl methyl sites for hydroxylation is 1. The third-order valence-corrected chi connectivity index (χ3v) is 2.82. The highest BCUT2D eigenvalue weighted by Gasteiger charge is 2.13. The Morgan fingerprint density at radius 3 is 2.65 bits per heavy atom. The fraction of sp³-hybridized carbons (Fsp3) is 0.583. The van der Waals surface area contributed by atoms with Crippen molar-refractivity contribution >= 4 is 0 Å². The van der Waals surface area contributed by atoms with Gasteiger partial charge in [0.05, 0.1) is 12.3 Å². The maximum absolute atomic E-state index is 11.5. The Kier molecular flexibility index (Phi) is 4.72. The lowest BCUT2D eigenvalue weighted by atomic mass is 10.2. The third kappa shape index (κ3) is 3.08. The predicted molar refractivity (Wildman–Crippen MR) is 66.2 cm³/mol. The van der Waals surface area contributed by atoms with Gasteiger partial charge in [-0.25, -0.2) is 0 Å². The Labute approximate surface area is 101 Å². The quantitative estimate of drug-likeness (QED) is 0.777. The molecule has 0 aliphatic heterocycles. The van der Waals surface area contributed by atoms with Gasteiger partial charge in [0.1, 0.15) is 0 Å². The minimum atomic E-state index is -0.348. The van der Waals surface area contributed by atoms with Crippen molar-refractivity contribution in [3.8, 4) is 5.75 Å². The standard InChI is InChI=1S/C12H20N2O3/c1-4-14-9(2)7-11(16)12(17)10(14)8-13(3)5-6-15/h7,15,17H,4-6,8H2,1-3H3. The maximum Gasteiger partial charge on any atom is 0.223 e. The van der Waals surface area contributed by atoms with E-state index in [1.807, 2.05) is 30.4 Å². The second kappa shape index (κ2) is 5.84. The summed E-state index contributed by atoms with van der Waals surface area (Å²) in [6, 6.07) is 1.44. The van der Waals surface area contributed by atoms with E-state index in [-0.39, 0.29) is 17.8 Å². The lowest BCUT2D eigenvalue weighted by molar-refractivity contribution is 0.212. The first-order valence-electron chi connectivity index (χ1n) is 5.73. The summed E-state index contributed by atoms with van der Waals surface area (Å²) in [6.45, 7) is 5.51. The van der Waals surface area contributed by atoms with Crippen LogP contribution >= 0.6 is 0 Å². The summed E-state index contributed by atoms with van der Waals surface area (Å²) in [6.07, 6.45) is 0. The van der Waals surface area contributed by atoms with Gasteiger partial charge < -0.3 is 14.8 Å². The molecule has 96 valence electrons. The number of aliphatic hydroxyl groups is 1. The average Bonchev–Trinajstić information content (AvgIpc) is 2.26. The van der Waals surface area contributed by atoms with Crippen molar-refractivity contribution in [3.63, 3.8) is 0 Å². The van der Waals surface area contributed by atoms with Crippen LogP contribution in [-0.2, 0) is 13.1 Å². The highest BCUT2D eigenvalue weighted by atomic mass is 16.3. The number of aromatic nitrogens is 1. The summed E-state index contributed by atoms with van der Waals surface area (Å²) in [4.78, 5) is 13.4. The molecular formula is C12H20N2O3. The van der Waals surface area contributed by atoms with E-state index >= 15 is 0 Å². The SMILES string of the molecule is CCn1c(C)cc(=O)c(O)c1CN(C)CCO. The average molecular weight is 240 g/mol. The largest absolute Gasteiger partial charge is 0.503 e. The first-order chi connectivity index (χ1) is 8.01. The van der Waals surface area contributed by atoms with Crippen LogP contribution in [0, 0.1) is 6.92 Å². The van der Waals surface area contributed by atoms with Crippen molar-refractivity contribution in [2.24, 2.45) is 0 Å². The van der Waals surface area contributed by atoms with Gasteiger partial charge in [0.15, 0.2) is 5.75 Å². The van der Waals surface area contributed by atoms with E-state index in [0.717, 1.165) is 5.69 Å². The molecule has 0 radical (unpaired) electrons. The smallest absolute Gasteiger partial charge is 0.223 e. The number of nitrogens with zero attached hydrogens (tertiary/aromatic N) is 2. The normalized spacial score (nSPS) is 11.1. The molecule has 0 fully saturated rings. The molecule has 1 heterocycles. The Morgan fingerprint density at radius 1 is 1.47 bits per heavy atom. The highest BCUT2D eigenvalue weighted by molar-refractivity contribution is 5.29. The monoisotopic (exact) mass is 240 g/mol. The first kappa shape index (κ1) is 13.7. The molecule has 0 aliphatic rings. The van der Waals surface area contributed by atoms with Crippen molar-refractivity contribution in [1.29, 1.82) is 0 Å². The summed E-state index contributed by atoms with van der Waals surface area (Å²) in [5.74, 6) is -0.192. The van der Waals surface area contributed by atoms with Crippen molar-refractivity contribution in [1.82, 2.24) is 9.47 Å². The van der Waals surface area contributed by atoms with Crippen molar-refractivity contribution in [3.05, 3.63) is 27.7 Å². The number of pyridine rings is 1. The zero-order chi connectivity index (χ0) is 13.0. The number of likely N-dealkylation sites (N-methyl/N-ethyl adjacent to an activating group) is 1. The summed E-state index contributed by atoms with van der Waals surface area (Å²) in [5, 5.41) is 18.7. The fourth-order valence-electron chi connectivity index (χ4n) is 1.92. The van der Waals surface area contributed by atoms with Crippen molar-refractivity contribution in [2.45, 2.75) is 26.9 Å². The van der Waals surface area contributed by atoms with E-state index in [9.17, 15) is 9.90 Å². The number of rotatable bonds is 5. The van der Waals surface area contributed by atoms with Gasteiger partial charge in [-0.1, -0.05) is 0 Å². The van der Waals surface area contributed by atoms with Crippen LogP contribution in [0.25, 0.3) is 0 Å². The second-order valence-corrected chi connectivity index (χ2v) is 4.15. The van der Waals surface area contributed by atoms with Crippen LogP contribution < -0.4 is 5.43 Å². The van der Waals surface area contributed by atoms with Gasteiger partial charge in [0, 0.05) is 31.4 Å². The molecule has 0 atom stereocenters. The fourth-order valence-corrected chi connectivity index (χ4v) is 1.92. The summed E-state index contributed by atoms with van der Waals surface area (Å²) in [7, 11) is 1.84. The topological polar surface area (TPSA) is 65.7 Å². The van der Waals surface area contributed by atoms with Crippen LogP contribution in [-0.4, -0.2) is 39.9 Å². The van der Waals surface area contributed by atoms with Crippen LogP contribution in [0.4, 0.5) is 0 Å². The summed E-state index contributed by atoms with van der Waals surface area (Å²) >= 11 is 0. The van der Waals surface area contributed by atoms with Gasteiger partial charge in [-0.05, 0) is 20.9 Å². The Morgan fingerprint density at radius 2 is 2.12 bits per heavy atom. The van der Waals surface area contributed by atoms with Crippen LogP contribution in [0.5, 0.6) is 5.75 Å². The molecule has 1 aromatic heterocycles. The molecule has 0 saturated heterocycles. The van der Waals surface area contributed by atoms with Crippen LogP contribution in [0.1, 0.15) is 18.3 Å². The zero-order valence-corrected chi connectivity index (χ0v) is 10.6. The molecule has 0 bridgehead atoms. The molecule has 5 nitrogen and oxygen atoms in total. The van der Waals surface area contributed by atoms with E-state index in [2.05, 4.69) is 0 Å². The predicted octanol–water partition coefficient (Wildman–Crippen LogP) is 0.306. The van der Waals surface area contributed by atoms with Crippen LogP contribution in [0.15, 0.2) is 10.9 Å². The number of hydrogen-bond donors (Lipinski definition) is 2. The van der Waals surface area contributed by atoms with Crippen molar-refractivity contribution in [2.75, 3.05) is 20.2 Å². The van der Waals surface area contributed by atoms with Gasteiger partial charge in [-0.2, -0.15) is 0 Å². The molecule has 1 rings (SSSR count). The molecule has 0 spiro atoms. The Bertz CT molecular complexity index is 440. The minimum Gasteiger partial charge on any atom is -0.503 e. The molecular weight excluding hydrogens is 220 g/mol. The molecule has 2 N–H and O–H groups in total. The lowest BCUT2D eigenvalue weighted by Crippen LogP contribution is -2.26. The van der Waals surface area contributed by atoms with E-state index in [0.29, 0.717) is 25.3 Å². The van der Waals surface area contributed by atoms with Crippen LogP contribution in [0.3, 0.4) is 0 Å². The van der Waals surface area contributed by atoms with E-state index in [1.165, 1.54) is 6.07 Å². The lowest BCUT2D eigenvalue weighted by Gasteiger charge is -2.21. The summed E-state index contributed by atoms with van der Waals surface area (Å²) < 4.78 is 1.91. The molecule has 0 unspecified atom stereocenters. The van der Waals surface area contributed by atoms with Gasteiger partial charge >= 0.3 is 0 Å². The van der Waals surface area contributed by atoms with Gasteiger partial charge in [0.25, 0.3) is 0 Å². The van der Waals surface area contributed by atoms with Gasteiger partial charge in [-0.15, -0.1) is 0 Å². The molecule has 1 aromatic rings. The van der Waals surface area contributed by atoms with Gasteiger partial charge in [-0.3, -0.25) is 9.69 Å². The molecule has 0 saturated carbocycles. The van der Waals surface area contributed by atoms with Gasteiger partial charge in [0.2, 0.25) is 5.43 Å².